The predicted molar refractivity (Wildman–Crippen MR) is 83.1 cm³/mol. The van der Waals surface area contributed by atoms with Gasteiger partial charge in [0, 0.05) is 24.4 Å². The van der Waals surface area contributed by atoms with Crippen molar-refractivity contribution in [1.82, 2.24) is 10.2 Å². The van der Waals surface area contributed by atoms with Crippen molar-refractivity contribution in [3.8, 4) is 6.07 Å². The molecular weight excluding hydrogens is 278 g/mol. The van der Waals surface area contributed by atoms with Crippen molar-refractivity contribution >= 4 is 22.5 Å². The summed E-state index contributed by atoms with van der Waals surface area (Å²) in [6.45, 7) is 3.39. The van der Waals surface area contributed by atoms with Gasteiger partial charge >= 0.3 is 0 Å². The van der Waals surface area contributed by atoms with Crippen LogP contribution in [-0.4, -0.2) is 29.2 Å². The van der Waals surface area contributed by atoms with Crippen LogP contribution in [0.3, 0.4) is 0 Å². The third-order valence-electron chi connectivity index (χ3n) is 4.21. The van der Waals surface area contributed by atoms with Gasteiger partial charge in [-0.25, -0.2) is 0 Å². The smallest absolute Gasteiger partial charge is 0.220 e. The van der Waals surface area contributed by atoms with Crippen molar-refractivity contribution in [2.75, 3.05) is 18.0 Å². The third-order valence-corrected chi connectivity index (χ3v) is 4.21. The zero-order valence-electron chi connectivity index (χ0n) is 12.4. The van der Waals surface area contributed by atoms with Gasteiger partial charge in [-0.05, 0) is 31.9 Å². The summed E-state index contributed by atoms with van der Waals surface area (Å²) < 4.78 is 0. The van der Waals surface area contributed by atoms with E-state index in [1.165, 1.54) is 0 Å². The highest BCUT2D eigenvalue weighted by atomic mass is 16.1. The van der Waals surface area contributed by atoms with Gasteiger partial charge in [0.25, 0.3) is 0 Å². The van der Waals surface area contributed by atoms with Crippen LogP contribution in [0.4, 0.5) is 5.69 Å². The van der Waals surface area contributed by atoms with Gasteiger partial charge < -0.3 is 10.6 Å². The zero-order chi connectivity index (χ0) is 15.7. The number of benzene rings is 1. The molecule has 0 unspecified atom stereocenters. The number of carbonyl (C=O) groups is 1. The number of carbonyl (C=O) groups excluding carboxylic acids is 1. The molecule has 6 nitrogen and oxygen atoms in total. The molecule has 22 heavy (non-hydrogen) atoms. The van der Waals surface area contributed by atoms with E-state index in [2.05, 4.69) is 21.2 Å². The molecule has 0 bridgehead atoms. The maximum atomic E-state index is 11.3. The van der Waals surface area contributed by atoms with E-state index in [1.807, 2.05) is 25.1 Å². The van der Waals surface area contributed by atoms with Crippen LogP contribution >= 0.6 is 0 Å². The Morgan fingerprint density at radius 1 is 1.36 bits per heavy atom. The summed E-state index contributed by atoms with van der Waals surface area (Å²) in [5.74, 6) is -0.321. The van der Waals surface area contributed by atoms with Gasteiger partial charge in [-0.3, -0.25) is 4.79 Å². The van der Waals surface area contributed by atoms with Gasteiger partial charge in [-0.1, -0.05) is 11.6 Å². The maximum Gasteiger partial charge on any atom is 0.220 e. The minimum atomic E-state index is -0.242. The minimum Gasteiger partial charge on any atom is -0.369 e. The first-order valence-corrected chi connectivity index (χ1v) is 7.31. The number of primary amides is 1. The molecule has 0 spiro atoms. The monoisotopic (exact) mass is 295 g/mol. The summed E-state index contributed by atoms with van der Waals surface area (Å²) in [4.78, 5) is 13.4. The number of fused-ring (bicyclic) bond motifs is 1. The largest absolute Gasteiger partial charge is 0.369 e. The van der Waals surface area contributed by atoms with Gasteiger partial charge in [0.2, 0.25) is 5.91 Å². The molecule has 2 N–H and O–H groups in total. The first kappa shape index (κ1) is 14.3. The Kier molecular flexibility index (Phi) is 3.63. The quantitative estimate of drug-likeness (QED) is 0.906. The molecule has 1 aromatic carbocycles. The molecule has 1 amide bonds. The van der Waals surface area contributed by atoms with Gasteiger partial charge in [-0.2, -0.15) is 5.26 Å². The van der Waals surface area contributed by atoms with E-state index in [0.717, 1.165) is 22.2 Å². The fourth-order valence-corrected chi connectivity index (χ4v) is 2.99. The van der Waals surface area contributed by atoms with Crippen molar-refractivity contribution in [3.63, 3.8) is 0 Å². The summed E-state index contributed by atoms with van der Waals surface area (Å²) in [6.07, 6.45) is 1.41. The van der Waals surface area contributed by atoms with E-state index in [-0.39, 0.29) is 11.8 Å². The van der Waals surface area contributed by atoms with E-state index < -0.39 is 0 Å². The molecule has 112 valence electrons. The van der Waals surface area contributed by atoms with Crippen LogP contribution in [0, 0.1) is 24.2 Å². The molecule has 1 aliphatic heterocycles. The van der Waals surface area contributed by atoms with E-state index in [9.17, 15) is 10.1 Å². The molecule has 6 heteroatoms. The number of nitrogens with zero attached hydrogens (tertiary/aromatic N) is 4. The molecule has 0 aliphatic carbocycles. The fourth-order valence-electron chi connectivity index (χ4n) is 2.99. The number of nitriles is 1. The van der Waals surface area contributed by atoms with Crippen molar-refractivity contribution in [1.29, 1.82) is 5.26 Å². The van der Waals surface area contributed by atoms with Crippen LogP contribution in [0.25, 0.3) is 10.9 Å². The van der Waals surface area contributed by atoms with Crippen molar-refractivity contribution in [2.45, 2.75) is 19.8 Å². The fraction of sp³-hybridized carbons (Fsp3) is 0.375. The van der Waals surface area contributed by atoms with Crippen LogP contribution in [-0.2, 0) is 4.79 Å². The Morgan fingerprint density at radius 3 is 2.73 bits per heavy atom. The van der Waals surface area contributed by atoms with Crippen molar-refractivity contribution < 1.29 is 4.79 Å². The number of piperidine rings is 1. The second-order valence-corrected chi connectivity index (χ2v) is 5.69. The first-order chi connectivity index (χ1) is 10.6. The van der Waals surface area contributed by atoms with Crippen LogP contribution < -0.4 is 10.6 Å². The van der Waals surface area contributed by atoms with Gasteiger partial charge in [0.05, 0.1) is 11.2 Å². The highest BCUT2D eigenvalue weighted by Gasteiger charge is 2.26. The molecule has 1 saturated heterocycles. The molecule has 1 aromatic heterocycles. The molecule has 0 saturated carbocycles. The number of hydrogen-bond acceptors (Lipinski definition) is 5. The maximum absolute atomic E-state index is 11.3. The lowest BCUT2D eigenvalue weighted by Gasteiger charge is -2.33. The topological polar surface area (TPSA) is 95.9 Å². The Morgan fingerprint density at radius 2 is 2.09 bits per heavy atom. The first-order valence-electron chi connectivity index (χ1n) is 7.31. The number of aromatic nitrogens is 2. The van der Waals surface area contributed by atoms with E-state index in [1.54, 1.807) is 0 Å². The highest BCUT2D eigenvalue weighted by molar-refractivity contribution is 5.94. The molecule has 0 radical (unpaired) electrons. The summed E-state index contributed by atoms with van der Waals surface area (Å²) in [5, 5.41) is 18.5. The normalized spacial score (nSPS) is 15.7. The second kappa shape index (κ2) is 5.60. The summed E-state index contributed by atoms with van der Waals surface area (Å²) >= 11 is 0. The standard InChI is InChI=1S/C16H17N5O/c1-10-2-3-13-12(8-10)15(14(9-17)20-19-13)21-6-4-11(5-7-21)16(18)22/h2-3,8,11H,4-7H2,1H3,(H2,18,22). The minimum absolute atomic E-state index is 0.0791. The Bertz CT molecular complexity index is 772. The summed E-state index contributed by atoms with van der Waals surface area (Å²) in [7, 11) is 0. The zero-order valence-corrected chi connectivity index (χ0v) is 12.4. The predicted octanol–water partition coefficient (Wildman–Crippen LogP) is 1.51. The summed E-state index contributed by atoms with van der Waals surface area (Å²) in [5.41, 5.74) is 8.42. The lowest BCUT2D eigenvalue weighted by atomic mass is 9.95. The van der Waals surface area contributed by atoms with Crippen LogP contribution in [0.15, 0.2) is 18.2 Å². The Labute approximate surface area is 128 Å². The summed E-state index contributed by atoms with van der Waals surface area (Å²) in [6, 6.07) is 8.05. The lowest BCUT2D eigenvalue weighted by Crippen LogP contribution is -2.39. The van der Waals surface area contributed by atoms with Crippen molar-refractivity contribution in [2.24, 2.45) is 11.7 Å². The Hall–Kier alpha value is -2.68. The molecule has 1 fully saturated rings. The van der Waals surface area contributed by atoms with Gasteiger partial charge in [-0.15, -0.1) is 10.2 Å². The molecule has 3 rings (SSSR count). The molecular formula is C16H17N5O. The number of aryl methyl sites for hydroxylation is 1. The highest BCUT2D eigenvalue weighted by Crippen LogP contribution is 2.31. The number of nitrogens with two attached hydrogens (primary N) is 1. The average Bonchev–Trinajstić information content (AvgIpc) is 2.53. The van der Waals surface area contributed by atoms with E-state index in [4.69, 9.17) is 5.73 Å². The molecule has 1 aliphatic rings. The average molecular weight is 295 g/mol. The van der Waals surface area contributed by atoms with Gasteiger partial charge in [0.15, 0.2) is 5.69 Å². The van der Waals surface area contributed by atoms with E-state index in [0.29, 0.717) is 31.6 Å². The SMILES string of the molecule is Cc1ccc2nnc(C#N)c(N3CCC(C(N)=O)CC3)c2c1. The van der Waals surface area contributed by atoms with Crippen LogP contribution in [0.1, 0.15) is 24.1 Å². The lowest BCUT2D eigenvalue weighted by molar-refractivity contribution is -0.122. The van der Waals surface area contributed by atoms with Gasteiger partial charge in [0.1, 0.15) is 6.07 Å². The molecule has 2 heterocycles. The van der Waals surface area contributed by atoms with E-state index >= 15 is 0 Å². The van der Waals surface area contributed by atoms with Crippen LogP contribution in [0.2, 0.25) is 0 Å². The Balaban J connectivity index is 2.04. The number of hydrogen-bond donors (Lipinski definition) is 1. The molecule has 2 aromatic rings. The third kappa shape index (κ3) is 2.46. The second-order valence-electron chi connectivity index (χ2n) is 5.69. The molecule has 0 atom stereocenters. The van der Waals surface area contributed by atoms with Crippen molar-refractivity contribution in [3.05, 3.63) is 29.5 Å². The number of amides is 1. The number of rotatable bonds is 2. The number of anilines is 1. The van der Waals surface area contributed by atoms with Crippen LogP contribution in [0.5, 0.6) is 0 Å².